The second-order valence-electron chi connectivity index (χ2n) is 7.99. The fraction of sp³-hybridized carbons (Fsp3) is 0.273. The smallest absolute Gasteiger partial charge is 0.281 e. The van der Waals surface area contributed by atoms with Gasteiger partial charge in [0.25, 0.3) is 5.56 Å². The van der Waals surface area contributed by atoms with E-state index < -0.39 is 10.0 Å². The van der Waals surface area contributed by atoms with Gasteiger partial charge in [-0.25, -0.2) is 18.1 Å². The van der Waals surface area contributed by atoms with E-state index in [4.69, 9.17) is 11.6 Å². The topological polar surface area (TPSA) is 114 Å². The van der Waals surface area contributed by atoms with Gasteiger partial charge < -0.3 is 4.98 Å². The predicted octanol–water partition coefficient (Wildman–Crippen LogP) is 2.78. The number of fused-ring (bicyclic) bond motifs is 1. The number of nitrogens with zero attached hydrogens (tertiary/aromatic N) is 5. The third kappa shape index (κ3) is 4.29. The van der Waals surface area contributed by atoms with Crippen molar-refractivity contribution in [1.82, 2.24) is 29.3 Å². The number of aromatic nitrogens is 5. The molecule has 2 aromatic heterocycles. The van der Waals surface area contributed by atoms with E-state index in [1.807, 2.05) is 30.3 Å². The number of benzene rings is 2. The fourth-order valence-corrected chi connectivity index (χ4v) is 5.86. The molecule has 0 aliphatic carbocycles. The molecule has 0 atom stereocenters. The monoisotopic (exact) mass is 484 g/mol. The second-order valence-corrected chi connectivity index (χ2v) is 10.4. The third-order valence-corrected chi connectivity index (χ3v) is 7.97. The van der Waals surface area contributed by atoms with Crippen molar-refractivity contribution in [3.8, 4) is 0 Å². The first-order chi connectivity index (χ1) is 15.9. The summed E-state index contributed by atoms with van der Waals surface area (Å²) < 4.78 is 29.0. The van der Waals surface area contributed by atoms with Crippen LogP contribution in [0.1, 0.15) is 30.1 Å². The average Bonchev–Trinajstić information content (AvgIpc) is 3.23. The molecule has 1 saturated heterocycles. The number of aromatic amines is 1. The summed E-state index contributed by atoms with van der Waals surface area (Å²) in [5, 5.41) is 8.48. The van der Waals surface area contributed by atoms with E-state index in [0.29, 0.717) is 49.0 Å². The number of hydrogen-bond acceptors (Lipinski definition) is 6. The minimum absolute atomic E-state index is 0.0759. The van der Waals surface area contributed by atoms with Crippen LogP contribution < -0.4 is 5.56 Å². The van der Waals surface area contributed by atoms with Crippen molar-refractivity contribution < 1.29 is 8.42 Å². The largest absolute Gasteiger partial charge is 0.308 e. The number of piperidine rings is 1. The molecule has 0 saturated carbocycles. The van der Waals surface area contributed by atoms with Gasteiger partial charge in [-0.1, -0.05) is 53.2 Å². The van der Waals surface area contributed by atoms with E-state index >= 15 is 0 Å². The zero-order chi connectivity index (χ0) is 23.0. The molecule has 0 amide bonds. The number of nitrogens with one attached hydrogen (secondary N) is 1. The van der Waals surface area contributed by atoms with Crippen LogP contribution in [0.4, 0.5) is 0 Å². The quantitative estimate of drug-likeness (QED) is 0.466. The second kappa shape index (κ2) is 8.69. The van der Waals surface area contributed by atoms with Crippen LogP contribution in [0.3, 0.4) is 0 Å². The Bertz CT molecular complexity index is 1460. The Labute approximate surface area is 195 Å². The third-order valence-electron chi connectivity index (χ3n) is 5.84. The molecule has 170 valence electrons. The summed E-state index contributed by atoms with van der Waals surface area (Å²) in [6.45, 7) is 1.09. The van der Waals surface area contributed by atoms with Crippen molar-refractivity contribution in [2.75, 3.05) is 13.1 Å². The molecule has 0 radical (unpaired) electrons. The fourth-order valence-electron chi connectivity index (χ4n) is 4.09. The van der Waals surface area contributed by atoms with Crippen LogP contribution in [-0.2, 0) is 16.6 Å². The molecule has 1 aliphatic rings. The van der Waals surface area contributed by atoms with Crippen LogP contribution in [0.2, 0.25) is 5.02 Å². The van der Waals surface area contributed by atoms with Crippen LogP contribution in [-0.4, -0.2) is 50.8 Å². The zero-order valence-electron chi connectivity index (χ0n) is 17.6. The molecular weight excluding hydrogens is 464 g/mol. The van der Waals surface area contributed by atoms with E-state index in [9.17, 15) is 13.2 Å². The van der Waals surface area contributed by atoms with Crippen LogP contribution in [0.15, 0.2) is 64.3 Å². The van der Waals surface area contributed by atoms with Crippen LogP contribution in [0, 0.1) is 0 Å². The maximum absolute atomic E-state index is 13.0. The van der Waals surface area contributed by atoms with Gasteiger partial charge in [-0.05, 0) is 36.6 Å². The van der Waals surface area contributed by atoms with Crippen molar-refractivity contribution in [3.05, 3.63) is 81.4 Å². The summed E-state index contributed by atoms with van der Waals surface area (Å²) >= 11 is 5.97. The Kier molecular flexibility index (Phi) is 5.73. The normalized spacial score (nSPS) is 15.8. The first-order valence-electron chi connectivity index (χ1n) is 10.5. The molecule has 2 aromatic carbocycles. The van der Waals surface area contributed by atoms with Gasteiger partial charge in [0.15, 0.2) is 11.2 Å². The lowest BCUT2D eigenvalue weighted by molar-refractivity contribution is 0.313. The lowest BCUT2D eigenvalue weighted by Gasteiger charge is -2.30. The zero-order valence-corrected chi connectivity index (χ0v) is 19.1. The molecule has 11 heteroatoms. The summed E-state index contributed by atoms with van der Waals surface area (Å²) in [6, 6.07) is 16.0. The molecule has 0 unspecified atom stereocenters. The molecule has 1 aliphatic heterocycles. The Morgan fingerprint density at radius 1 is 1.06 bits per heavy atom. The van der Waals surface area contributed by atoms with Gasteiger partial charge in [-0.3, -0.25) is 4.79 Å². The molecule has 1 fully saturated rings. The van der Waals surface area contributed by atoms with E-state index in [1.54, 1.807) is 22.9 Å². The first-order valence-corrected chi connectivity index (χ1v) is 12.4. The summed E-state index contributed by atoms with van der Waals surface area (Å²) in [5.74, 6) is 0.455. The van der Waals surface area contributed by atoms with Crippen molar-refractivity contribution in [2.45, 2.75) is 30.2 Å². The van der Waals surface area contributed by atoms with Crippen molar-refractivity contribution >= 4 is 32.8 Å². The highest BCUT2D eigenvalue weighted by Gasteiger charge is 2.31. The molecule has 1 N–H and O–H groups in total. The number of hydrogen-bond donors (Lipinski definition) is 1. The highest BCUT2D eigenvalue weighted by Crippen LogP contribution is 2.29. The molecule has 33 heavy (non-hydrogen) atoms. The Morgan fingerprint density at radius 2 is 1.82 bits per heavy atom. The molecule has 4 aromatic rings. The van der Waals surface area contributed by atoms with Gasteiger partial charge >= 0.3 is 0 Å². The lowest BCUT2D eigenvalue weighted by Crippen LogP contribution is -2.38. The van der Waals surface area contributed by atoms with Gasteiger partial charge in [-0.2, -0.15) is 4.31 Å². The molecule has 5 rings (SSSR count). The highest BCUT2D eigenvalue weighted by molar-refractivity contribution is 7.89. The van der Waals surface area contributed by atoms with Gasteiger partial charge in [0.1, 0.15) is 5.82 Å². The van der Waals surface area contributed by atoms with Crippen LogP contribution in [0.25, 0.3) is 11.2 Å². The Morgan fingerprint density at radius 3 is 2.55 bits per heavy atom. The standard InChI is InChI=1S/C22H21ClN6O3S/c23-17-7-4-8-18(13-17)33(31,32)28-11-9-16(10-12-28)20-24-21-19(22(30)25-20)26-27-29(21)14-15-5-2-1-3-6-15/h1-8,13,16H,9-12,14H2,(H,24,25,30). The van der Waals surface area contributed by atoms with Crippen LogP contribution >= 0.6 is 11.6 Å². The summed E-state index contributed by atoms with van der Waals surface area (Å²) in [7, 11) is -3.63. The van der Waals surface area contributed by atoms with Gasteiger partial charge in [0.2, 0.25) is 10.0 Å². The van der Waals surface area contributed by atoms with Crippen LogP contribution in [0.5, 0.6) is 0 Å². The summed E-state index contributed by atoms with van der Waals surface area (Å²) in [5.41, 5.74) is 1.29. The van der Waals surface area contributed by atoms with Gasteiger partial charge in [0.05, 0.1) is 11.4 Å². The van der Waals surface area contributed by atoms with E-state index in [-0.39, 0.29) is 21.9 Å². The van der Waals surface area contributed by atoms with Gasteiger partial charge in [-0.15, -0.1) is 5.10 Å². The number of sulfonamides is 1. The number of H-pyrrole nitrogens is 1. The lowest BCUT2D eigenvalue weighted by atomic mass is 9.97. The molecule has 9 nitrogen and oxygen atoms in total. The Balaban J connectivity index is 1.37. The first kappa shape index (κ1) is 21.7. The minimum atomic E-state index is -3.63. The predicted molar refractivity (Wildman–Crippen MR) is 124 cm³/mol. The van der Waals surface area contributed by atoms with E-state index in [1.165, 1.54) is 10.4 Å². The number of rotatable bonds is 5. The highest BCUT2D eigenvalue weighted by atomic mass is 35.5. The van der Waals surface area contributed by atoms with Crippen molar-refractivity contribution in [1.29, 1.82) is 0 Å². The molecule has 3 heterocycles. The maximum Gasteiger partial charge on any atom is 0.281 e. The summed E-state index contributed by atoms with van der Waals surface area (Å²) in [6.07, 6.45) is 1.07. The van der Waals surface area contributed by atoms with E-state index in [0.717, 1.165) is 5.56 Å². The maximum atomic E-state index is 13.0. The van der Waals surface area contributed by atoms with E-state index in [2.05, 4.69) is 20.3 Å². The molecular formula is C22H21ClN6O3S. The molecule has 0 spiro atoms. The van der Waals surface area contributed by atoms with Crippen molar-refractivity contribution in [3.63, 3.8) is 0 Å². The van der Waals surface area contributed by atoms with Crippen molar-refractivity contribution in [2.24, 2.45) is 0 Å². The molecule has 0 bridgehead atoms. The number of halogens is 1. The minimum Gasteiger partial charge on any atom is -0.308 e. The SMILES string of the molecule is O=c1[nH]c(C2CCN(S(=O)(=O)c3cccc(Cl)c3)CC2)nc2c1nnn2Cc1ccccc1. The van der Waals surface area contributed by atoms with Gasteiger partial charge in [0, 0.05) is 24.0 Å². The summed E-state index contributed by atoms with van der Waals surface area (Å²) in [4.78, 5) is 20.3. The average molecular weight is 485 g/mol. The Hall–Kier alpha value is -3.08.